The molecule has 1 aliphatic rings. The molecule has 1 unspecified atom stereocenters. The molecule has 192 valence electrons. The van der Waals surface area contributed by atoms with E-state index in [1.54, 1.807) is 54.6 Å². The molecule has 1 aliphatic heterocycles. The van der Waals surface area contributed by atoms with Gasteiger partial charge in [0.05, 0.1) is 28.4 Å². The van der Waals surface area contributed by atoms with Gasteiger partial charge < -0.3 is 14.6 Å². The Morgan fingerprint density at radius 1 is 1.08 bits per heavy atom. The van der Waals surface area contributed by atoms with Gasteiger partial charge in [-0.05, 0) is 73.5 Å². The van der Waals surface area contributed by atoms with E-state index in [0.717, 1.165) is 15.8 Å². The summed E-state index contributed by atoms with van der Waals surface area (Å²) in [6.45, 7) is 8.35. The largest absolute Gasteiger partial charge is 0.507 e. The van der Waals surface area contributed by atoms with Crippen molar-refractivity contribution in [3.8, 4) is 11.5 Å². The van der Waals surface area contributed by atoms with Gasteiger partial charge in [0, 0.05) is 5.56 Å². The number of hydrogen-bond acceptors (Lipinski definition) is 7. The van der Waals surface area contributed by atoms with E-state index in [4.69, 9.17) is 9.47 Å². The average molecular weight is 527 g/mol. The Balaban J connectivity index is 1.68. The number of carbonyl (C=O) groups excluding carboxylic acids is 2. The van der Waals surface area contributed by atoms with Gasteiger partial charge in [-0.1, -0.05) is 42.2 Å². The van der Waals surface area contributed by atoms with Gasteiger partial charge in [0.1, 0.15) is 23.9 Å². The molecular weight excluding hydrogens is 500 g/mol. The van der Waals surface area contributed by atoms with Crippen LogP contribution in [0.25, 0.3) is 16.0 Å². The molecule has 1 N–H and O–H groups in total. The molecular formula is C30H26N2O5S. The van der Waals surface area contributed by atoms with E-state index < -0.39 is 17.7 Å². The second kappa shape index (κ2) is 10.5. The predicted octanol–water partition coefficient (Wildman–Crippen LogP) is 6.19. The summed E-state index contributed by atoms with van der Waals surface area (Å²) in [7, 11) is 0. The predicted molar refractivity (Wildman–Crippen MR) is 149 cm³/mol. The molecule has 0 spiro atoms. The lowest BCUT2D eigenvalue weighted by Gasteiger charge is -2.23. The second-order valence-corrected chi connectivity index (χ2v) is 9.78. The summed E-state index contributed by atoms with van der Waals surface area (Å²) in [6.07, 6.45) is 1.63. The van der Waals surface area contributed by atoms with Crippen molar-refractivity contribution < 1.29 is 24.2 Å². The normalized spacial score (nSPS) is 16.7. The molecule has 1 saturated heterocycles. The van der Waals surface area contributed by atoms with Crippen molar-refractivity contribution in [3.05, 3.63) is 102 Å². The van der Waals surface area contributed by atoms with Gasteiger partial charge in [-0.2, -0.15) is 0 Å². The molecule has 38 heavy (non-hydrogen) atoms. The molecule has 1 fully saturated rings. The molecule has 8 heteroatoms. The Bertz CT molecular complexity index is 1570. The first kappa shape index (κ1) is 25.2. The summed E-state index contributed by atoms with van der Waals surface area (Å²) in [4.78, 5) is 33.0. The van der Waals surface area contributed by atoms with Crippen molar-refractivity contribution in [1.29, 1.82) is 0 Å². The summed E-state index contributed by atoms with van der Waals surface area (Å²) in [5.41, 5.74) is 2.78. The number of aryl methyl sites for hydroxylation is 1. The Hall–Kier alpha value is -4.43. The highest BCUT2D eigenvalue weighted by Crippen LogP contribution is 2.45. The smallest absolute Gasteiger partial charge is 0.301 e. The third kappa shape index (κ3) is 4.66. The maximum atomic E-state index is 13.5. The molecule has 0 bridgehead atoms. The summed E-state index contributed by atoms with van der Waals surface area (Å²) in [5, 5.41) is 11.8. The monoisotopic (exact) mass is 526 g/mol. The fourth-order valence-electron chi connectivity index (χ4n) is 4.43. The van der Waals surface area contributed by atoms with Crippen molar-refractivity contribution in [1.82, 2.24) is 4.98 Å². The SMILES string of the molecule is C=CCOc1cccc(C2/C(=C(\O)c3ccc(OCC)cc3)C(=O)C(=O)N2c2nc3ccc(C)cc3s2)c1. The lowest BCUT2D eigenvalue weighted by molar-refractivity contribution is -0.132. The van der Waals surface area contributed by atoms with Crippen molar-refractivity contribution >= 4 is 44.1 Å². The quantitative estimate of drug-likeness (QED) is 0.127. The van der Waals surface area contributed by atoms with E-state index in [-0.39, 0.29) is 11.3 Å². The number of carbonyl (C=O) groups is 2. The van der Waals surface area contributed by atoms with E-state index in [9.17, 15) is 14.7 Å². The number of aliphatic hydroxyl groups is 1. The summed E-state index contributed by atoms with van der Waals surface area (Å²) >= 11 is 1.32. The Labute approximate surface area is 224 Å². The number of fused-ring (bicyclic) bond motifs is 1. The zero-order valence-electron chi connectivity index (χ0n) is 21.0. The fourth-order valence-corrected chi connectivity index (χ4v) is 5.52. The molecule has 5 rings (SSSR count). The minimum absolute atomic E-state index is 0.0181. The maximum Gasteiger partial charge on any atom is 0.301 e. The lowest BCUT2D eigenvalue weighted by atomic mass is 9.95. The molecule has 1 atom stereocenters. The maximum absolute atomic E-state index is 13.5. The first-order valence-electron chi connectivity index (χ1n) is 12.2. The highest BCUT2D eigenvalue weighted by molar-refractivity contribution is 7.22. The van der Waals surface area contributed by atoms with Crippen LogP contribution in [0.5, 0.6) is 11.5 Å². The molecule has 4 aromatic rings. The number of anilines is 1. The molecule has 0 saturated carbocycles. The molecule has 1 amide bonds. The van der Waals surface area contributed by atoms with Crippen LogP contribution in [-0.2, 0) is 9.59 Å². The van der Waals surface area contributed by atoms with E-state index in [1.807, 2.05) is 32.0 Å². The second-order valence-electron chi connectivity index (χ2n) is 8.77. The van der Waals surface area contributed by atoms with E-state index in [0.29, 0.717) is 41.0 Å². The Morgan fingerprint density at radius 3 is 2.61 bits per heavy atom. The van der Waals surface area contributed by atoms with Gasteiger partial charge in [0.2, 0.25) is 0 Å². The first-order valence-corrected chi connectivity index (χ1v) is 13.0. The molecule has 1 aromatic heterocycles. The number of amides is 1. The van der Waals surface area contributed by atoms with Gasteiger partial charge >= 0.3 is 5.91 Å². The van der Waals surface area contributed by atoms with Gasteiger partial charge in [0.25, 0.3) is 5.78 Å². The van der Waals surface area contributed by atoms with Crippen LogP contribution in [0.15, 0.2) is 85.0 Å². The van der Waals surface area contributed by atoms with Crippen molar-refractivity contribution in [2.45, 2.75) is 19.9 Å². The molecule has 0 radical (unpaired) electrons. The van der Waals surface area contributed by atoms with Gasteiger partial charge in [0.15, 0.2) is 5.13 Å². The number of hydrogen-bond donors (Lipinski definition) is 1. The number of aliphatic hydroxyl groups excluding tert-OH is 1. The number of ether oxygens (including phenoxy) is 2. The number of thiazole rings is 1. The lowest BCUT2D eigenvalue weighted by Crippen LogP contribution is -2.29. The highest BCUT2D eigenvalue weighted by atomic mass is 32.1. The minimum atomic E-state index is -0.907. The third-order valence-corrected chi connectivity index (χ3v) is 7.18. The number of nitrogens with zero attached hydrogens (tertiary/aromatic N) is 2. The van der Waals surface area contributed by atoms with Crippen LogP contribution in [0.1, 0.15) is 29.7 Å². The van der Waals surface area contributed by atoms with Crippen LogP contribution in [-0.4, -0.2) is 35.0 Å². The van der Waals surface area contributed by atoms with Crippen LogP contribution in [0.3, 0.4) is 0 Å². The zero-order valence-corrected chi connectivity index (χ0v) is 21.8. The molecule has 7 nitrogen and oxygen atoms in total. The summed E-state index contributed by atoms with van der Waals surface area (Å²) in [5.74, 6) is -0.620. The van der Waals surface area contributed by atoms with Crippen molar-refractivity contribution in [2.75, 3.05) is 18.1 Å². The van der Waals surface area contributed by atoms with Gasteiger partial charge in [-0.3, -0.25) is 14.5 Å². The average Bonchev–Trinajstić information content (AvgIpc) is 3.45. The summed E-state index contributed by atoms with van der Waals surface area (Å²) < 4.78 is 12.1. The van der Waals surface area contributed by atoms with Crippen LogP contribution >= 0.6 is 11.3 Å². The topological polar surface area (TPSA) is 89.0 Å². The van der Waals surface area contributed by atoms with E-state index in [1.165, 1.54) is 16.2 Å². The van der Waals surface area contributed by atoms with Gasteiger partial charge in [-0.15, -0.1) is 0 Å². The molecule has 3 aromatic carbocycles. The Morgan fingerprint density at radius 2 is 1.87 bits per heavy atom. The Kier molecular flexibility index (Phi) is 6.98. The van der Waals surface area contributed by atoms with E-state index in [2.05, 4.69) is 11.6 Å². The van der Waals surface area contributed by atoms with Crippen LogP contribution in [0.4, 0.5) is 5.13 Å². The number of benzene rings is 3. The number of Topliss-reactive ketones (excluding diaryl/α,β-unsaturated/α-hetero) is 1. The zero-order chi connectivity index (χ0) is 26.8. The minimum Gasteiger partial charge on any atom is -0.507 e. The number of rotatable bonds is 8. The van der Waals surface area contributed by atoms with Crippen LogP contribution in [0, 0.1) is 6.92 Å². The van der Waals surface area contributed by atoms with Crippen molar-refractivity contribution in [3.63, 3.8) is 0 Å². The first-order chi connectivity index (χ1) is 18.4. The van der Waals surface area contributed by atoms with E-state index >= 15 is 0 Å². The van der Waals surface area contributed by atoms with Crippen LogP contribution < -0.4 is 14.4 Å². The number of aromatic nitrogens is 1. The van der Waals surface area contributed by atoms with Crippen molar-refractivity contribution in [2.24, 2.45) is 0 Å². The number of ketones is 1. The molecule has 2 heterocycles. The summed E-state index contributed by atoms with van der Waals surface area (Å²) in [6, 6.07) is 18.8. The molecule has 0 aliphatic carbocycles. The van der Waals surface area contributed by atoms with Crippen LogP contribution in [0.2, 0.25) is 0 Å². The highest BCUT2D eigenvalue weighted by Gasteiger charge is 2.48. The third-order valence-electron chi connectivity index (χ3n) is 6.16. The standard InChI is InChI=1S/C30H26N2O5S/c1-4-15-37-22-8-6-7-20(17-22)26-25(27(33)19-10-12-21(13-11-19)36-5-2)28(34)29(35)32(26)30-31-23-14-9-18(3)16-24(23)38-30/h4,6-14,16-17,26,33H,1,5,15H2,2-3H3/b27-25+. The fraction of sp³-hybridized carbons (Fsp3) is 0.167. The van der Waals surface area contributed by atoms with Gasteiger partial charge in [-0.25, -0.2) is 4.98 Å².